The predicted molar refractivity (Wildman–Crippen MR) is 125 cm³/mol. The summed E-state index contributed by atoms with van der Waals surface area (Å²) in [6, 6.07) is 19.1. The van der Waals surface area contributed by atoms with E-state index in [0.29, 0.717) is 23.0 Å². The molecule has 2 heterocycles. The van der Waals surface area contributed by atoms with E-state index in [1.165, 1.54) is 11.8 Å². The Labute approximate surface area is 187 Å². The summed E-state index contributed by atoms with van der Waals surface area (Å²) in [7, 11) is 0. The number of thioether (sulfide) groups is 1. The van der Waals surface area contributed by atoms with Crippen LogP contribution in [0.25, 0.3) is 6.08 Å². The number of fused-ring (bicyclic) bond motifs is 1. The van der Waals surface area contributed by atoms with Crippen LogP contribution in [0.2, 0.25) is 0 Å². The minimum atomic E-state index is -0.907. The average molecular weight is 435 g/mol. The van der Waals surface area contributed by atoms with Gasteiger partial charge in [-0.2, -0.15) is 0 Å². The van der Waals surface area contributed by atoms with Gasteiger partial charge in [0.05, 0.1) is 23.9 Å². The summed E-state index contributed by atoms with van der Waals surface area (Å²) in [5.74, 6) is -0.156. The van der Waals surface area contributed by atoms with Gasteiger partial charge < -0.3 is 14.7 Å². The molecule has 31 heavy (non-hydrogen) atoms. The number of nitrogens with zero attached hydrogens (tertiary/aromatic N) is 2. The zero-order chi connectivity index (χ0) is 22.0. The molecular formula is C25H26N2O3S. The number of aliphatic imine (C=N–C) groups is 1. The molecule has 0 amide bonds. The van der Waals surface area contributed by atoms with Gasteiger partial charge in [-0.25, -0.2) is 9.79 Å². The smallest absolute Gasteiger partial charge is 0.338 e. The van der Waals surface area contributed by atoms with E-state index < -0.39 is 12.3 Å². The molecule has 0 saturated carbocycles. The van der Waals surface area contributed by atoms with Crippen molar-refractivity contribution in [2.45, 2.75) is 33.0 Å². The van der Waals surface area contributed by atoms with Gasteiger partial charge in [0.25, 0.3) is 0 Å². The number of rotatable bonds is 5. The zero-order valence-electron chi connectivity index (χ0n) is 17.9. The maximum atomic E-state index is 13.1. The molecular weight excluding hydrogens is 408 g/mol. The third-order valence-corrected chi connectivity index (χ3v) is 6.19. The molecule has 0 spiro atoms. The first-order chi connectivity index (χ1) is 15.0. The van der Waals surface area contributed by atoms with Crippen molar-refractivity contribution < 1.29 is 14.6 Å². The van der Waals surface area contributed by atoms with E-state index in [2.05, 4.69) is 4.99 Å². The van der Waals surface area contributed by atoms with Gasteiger partial charge in [-0.15, -0.1) is 0 Å². The summed E-state index contributed by atoms with van der Waals surface area (Å²) in [5, 5.41) is 11.9. The summed E-state index contributed by atoms with van der Waals surface area (Å²) in [5.41, 5.74) is 3.00. The number of aliphatic hydroxyl groups is 1. The lowest BCUT2D eigenvalue weighted by molar-refractivity contribution is -0.141. The van der Waals surface area contributed by atoms with Gasteiger partial charge in [0.2, 0.25) is 0 Å². The molecule has 1 saturated heterocycles. The van der Waals surface area contributed by atoms with Crippen molar-refractivity contribution in [3.63, 3.8) is 0 Å². The second kappa shape index (κ2) is 9.12. The molecule has 5 nitrogen and oxygen atoms in total. The molecule has 1 N–H and O–H groups in total. The van der Waals surface area contributed by atoms with Crippen LogP contribution >= 0.6 is 11.8 Å². The van der Waals surface area contributed by atoms with Crippen LogP contribution in [0.1, 0.15) is 37.9 Å². The third kappa shape index (κ3) is 4.45. The molecule has 0 bridgehead atoms. The van der Waals surface area contributed by atoms with Gasteiger partial charge in [-0.05, 0) is 30.0 Å². The summed E-state index contributed by atoms with van der Waals surface area (Å²) in [6.45, 7) is 6.17. The van der Waals surface area contributed by atoms with Crippen LogP contribution in [0.4, 0.5) is 0 Å². The fraction of sp³-hybridized carbons (Fsp3) is 0.280. The second-order valence-electron chi connectivity index (χ2n) is 8.04. The van der Waals surface area contributed by atoms with Crippen molar-refractivity contribution in [2.75, 3.05) is 6.61 Å². The molecule has 2 aliphatic heterocycles. The number of hydrogen-bond donors (Lipinski definition) is 1. The monoisotopic (exact) mass is 434 g/mol. The van der Waals surface area contributed by atoms with E-state index in [4.69, 9.17) is 4.74 Å². The van der Waals surface area contributed by atoms with E-state index >= 15 is 0 Å². The maximum absolute atomic E-state index is 13.1. The summed E-state index contributed by atoms with van der Waals surface area (Å²) >= 11 is 1.43. The quantitative estimate of drug-likeness (QED) is 0.673. The Morgan fingerprint density at radius 3 is 2.45 bits per heavy atom. The Morgan fingerprint density at radius 1 is 1.16 bits per heavy atom. The van der Waals surface area contributed by atoms with Crippen molar-refractivity contribution in [1.29, 1.82) is 0 Å². The molecule has 2 aliphatic rings. The zero-order valence-corrected chi connectivity index (χ0v) is 18.7. The van der Waals surface area contributed by atoms with E-state index in [0.717, 1.165) is 16.0 Å². The maximum Gasteiger partial charge on any atom is 0.338 e. The van der Waals surface area contributed by atoms with E-state index in [1.807, 2.05) is 92.4 Å². The van der Waals surface area contributed by atoms with Crippen LogP contribution in [0.3, 0.4) is 0 Å². The van der Waals surface area contributed by atoms with Crippen LogP contribution in [-0.4, -0.2) is 34.0 Å². The third-order valence-electron chi connectivity index (χ3n) is 5.14. The first kappa shape index (κ1) is 21.4. The lowest BCUT2D eigenvalue weighted by Crippen LogP contribution is -2.41. The van der Waals surface area contributed by atoms with Gasteiger partial charge in [-0.3, -0.25) is 0 Å². The SMILES string of the molecule is CC1=C(C(=O)OCC(C)C)C(c2ccccc2)N2C(=N1)S/C(=C/c1ccccc1)C2O. The lowest BCUT2D eigenvalue weighted by atomic mass is 9.94. The fourth-order valence-electron chi connectivity index (χ4n) is 3.68. The Kier molecular flexibility index (Phi) is 6.30. The van der Waals surface area contributed by atoms with Gasteiger partial charge in [-0.1, -0.05) is 86.3 Å². The number of carbonyl (C=O) groups excluding carboxylic acids is 1. The van der Waals surface area contributed by atoms with Crippen molar-refractivity contribution >= 4 is 29.0 Å². The highest BCUT2D eigenvalue weighted by Gasteiger charge is 2.45. The first-order valence-corrected chi connectivity index (χ1v) is 11.2. The number of esters is 1. The molecule has 0 aliphatic carbocycles. The van der Waals surface area contributed by atoms with Gasteiger partial charge in [0.1, 0.15) is 0 Å². The topological polar surface area (TPSA) is 62.1 Å². The van der Waals surface area contributed by atoms with Crippen molar-refractivity contribution in [3.8, 4) is 0 Å². The largest absolute Gasteiger partial charge is 0.462 e. The highest BCUT2D eigenvalue weighted by atomic mass is 32.2. The van der Waals surface area contributed by atoms with Gasteiger partial charge >= 0.3 is 5.97 Å². The van der Waals surface area contributed by atoms with Crippen LogP contribution in [-0.2, 0) is 9.53 Å². The number of benzene rings is 2. The molecule has 2 atom stereocenters. The van der Waals surface area contributed by atoms with E-state index in [1.54, 1.807) is 0 Å². The molecule has 1 fully saturated rings. The number of amidine groups is 1. The van der Waals surface area contributed by atoms with Crippen molar-refractivity contribution in [1.82, 2.24) is 4.90 Å². The molecule has 2 aromatic rings. The number of hydrogen-bond acceptors (Lipinski definition) is 6. The fourth-order valence-corrected chi connectivity index (χ4v) is 4.80. The highest BCUT2D eigenvalue weighted by molar-refractivity contribution is 8.17. The lowest BCUT2D eigenvalue weighted by Gasteiger charge is -2.36. The minimum Gasteiger partial charge on any atom is -0.462 e. The summed E-state index contributed by atoms with van der Waals surface area (Å²) in [6.07, 6.45) is 1.06. The van der Waals surface area contributed by atoms with E-state index in [9.17, 15) is 9.90 Å². The average Bonchev–Trinajstić information content (AvgIpc) is 3.07. The van der Waals surface area contributed by atoms with Crippen LogP contribution in [0.15, 0.2) is 81.8 Å². The van der Waals surface area contributed by atoms with Crippen LogP contribution in [0.5, 0.6) is 0 Å². The molecule has 2 aromatic carbocycles. The number of aliphatic hydroxyl groups excluding tert-OH is 1. The predicted octanol–water partition coefficient (Wildman–Crippen LogP) is 4.98. The van der Waals surface area contributed by atoms with Gasteiger partial charge in [0, 0.05) is 4.91 Å². The summed E-state index contributed by atoms with van der Waals surface area (Å²) < 4.78 is 5.58. The van der Waals surface area contributed by atoms with Gasteiger partial charge in [0.15, 0.2) is 11.4 Å². The van der Waals surface area contributed by atoms with Crippen molar-refractivity contribution in [2.24, 2.45) is 10.9 Å². The number of carbonyl (C=O) groups is 1. The minimum absolute atomic E-state index is 0.232. The molecule has 160 valence electrons. The second-order valence-corrected chi connectivity index (χ2v) is 9.08. The van der Waals surface area contributed by atoms with Crippen LogP contribution < -0.4 is 0 Å². The standard InChI is InChI=1S/C25H26N2O3S/c1-16(2)15-30-24(29)21-17(3)26-25-27(22(21)19-12-8-5-9-13-19)23(28)20(31-25)14-18-10-6-4-7-11-18/h4-14,16,22-23,28H,15H2,1-3H3/b20-14+. The number of allylic oxidation sites excluding steroid dienone is 1. The van der Waals surface area contributed by atoms with Crippen molar-refractivity contribution in [3.05, 3.63) is 88.0 Å². The molecule has 0 radical (unpaired) electrons. The van der Waals surface area contributed by atoms with Crippen LogP contribution in [0, 0.1) is 5.92 Å². The Bertz CT molecular complexity index is 1040. The molecule has 2 unspecified atom stereocenters. The Hall–Kier alpha value is -2.83. The molecule has 0 aromatic heterocycles. The summed E-state index contributed by atoms with van der Waals surface area (Å²) in [4.78, 5) is 20.3. The first-order valence-electron chi connectivity index (χ1n) is 10.4. The molecule has 6 heteroatoms. The molecule has 4 rings (SSSR count). The Balaban J connectivity index is 1.75. The van der Waals surface area contributed by atoms with E-state index in [-0.39, 0.29) is 11.9 Å². The highest BCUT2D eigenvalue weighted by Crippen LogP contribution is 2.47. The Morgan fingerprint density at radius 2 is 1.81 bits per heavy atom. The normalized spacial score (nSPS) is 22.0. The number of ether oxygens (including phenoxy) is 1.